The van der Waals surface area contributed by atoms with Gasteiger partial charge < -0.3 is 9.13 Å². The Hall–Kier alpha value is -4.82. The zero-order chi connectivity index (χ0) is 23.6. The molecule has 0 saturated heterocycles. The summed E-state index contributed by atoms with van der Waals surface area (Å²) < 4.78 is 4.69. The Morgan fingerprint density at radius 3 is 2.06 bits per heavy atom. The lowest BCUT2D eigenvalue weighted by atomic mass is 10.0. The second-order valence-corrected chi connectivity index (χ2v) is 9.46. The maximum atomic E-state index is 2.41. The molecule has 2 nitrogen and oxygen atoms in total. The molecule has 0 bridgehead atoms. The maximum absolute atomic E-state index is 2.41. The maximum Gasteiger partial charge on any atom is 0.0547 e. The minimum atomic E-state index is 1.18. The number of hydrogen-bond acceptors (Lipinski definition) is 0. The van der Waals surface area contributed by atoms with Crippen LogP contribution in [0.4, 0.5) is 0 Å². The first-order chi connectivity index (χ1) is 17.9. The Morgan fingerprint density at radius 2 is 1.14 bits per heavy atom. The lowest BCUT2D eigenvalue weighted by molar-refractivity contribution is 1.13. The van der Waals surface area contributed by atoms with Gasteiger partial charge in [-0.15, -0.1) is 0 Å². The first-order valence-corrected chi connectivity index (χ1v) is 12.4. The Bertz CT molecular complexity index is 2090. The van der Waals surface area contributed by atoms with Gasteiger partial charge in [0.25, 0.3) is 0 Å². The normalized spacial score (nSPS) is 11.9. The minimum Gasteiger partial charge on any atom is -0.317 e. The topological polar surface area (TPSA) is 9.86 Å². The number of nitrogens with zero attached hydrogens (tertiary/aromatic N) is 2. The van der Waals surface area contributed by atoms with Gasteiger partial charge in [0.2, 0.25) is 0 Å². The molecule has 2 heterocycles. The molecule has 2 aromatic heterocycles. The quantitative estimate of drug-likeness (QED) is 0.244. The summed E-state index contributed by atoms with van der Waals surface area (Å²) in [6, 6.07) is 46.1. The average molecular weight is 459 g/mol. The van der Waals surface area contributed by atoms with Crippen LogP contribution in [0.1, 0.15) is 0 Å². The number of fused-ring (bicyclic) bond motifs is 8. The van der Waals surface area contributed by atoms with Crippen LogP contribution in [0.2, 0.25) is 0 Å². The highest BCUT2D eigenvalue weighted by molar-refractivity contribution is 6.25. The third kappa shape index (κ3) is 2.67. The molecule has 0 aliphatic heterocycles. The van der Waals surface area contributed by atoms with Crippen molar-refractivity contribution in [2.75, 3.05) is 0 Å². The Kier molecular flexibility index (Phi) is 3.97. The van der Waals surface area contributed by atoms with Crippen LogP contribution in [-0.2, 0) is 0 Å². The Balaban J connectivity index is 1.46. The summed E-state index contributed by atoms with van der Waals surface area (Å²) in [6.07, 6.45) is 2.18. The summed E-state index contributed by atoms with van der Waals surface area (Å²) in [4.78, 5) is 0. The van der Waals surface area contributed by atoms with Crippen LogP contribution >= 0.6 is 0 Å². The van der Waals surface area contributed by atoms with Crippen molar-refractivity contribution in [3.05, 3.63) is 134 Å². The second-order valence-electron chi connectivity index (χ2n) is 9.46. The van der Waals surface area contributed by atoms with Crippen molar-refractivity contribution in [1.82, 2.24) is 9.13 Å². The van der Waals surface area contributed by atoms with Crippen molar-refractivity contribution < 1.29 is 0 Å². The number of aromatic nitrogens is 2. The van der Waals surface area contributed by atoms with Gasteiger partial charge in [0.05, 0.1) is 16.6 Å². The zero-order valence-electron chi connectivity index (χ0n) is 19.6. The number of rotatable bonds is 2. The summed E-state index contributed by atoms with van der Waals surface area (Å²) in [7, 11) is 0. The highest BCUT2D eigenvalue weighted by atomic mass is 15.0. The smallest absolute Gasteiger partial charge is 0.0547 e. The Labute approximate surface area is 208 Å². The molecule has 0 aliphatic rings. The highest BCUT2D eigenvalue weighted by Gasteiger charge is 2.16. The first-order valence-electron chi connectivity index (χ1n) is 12.4. The molecule has 0 N–H and O–H groups in total. The predicted octanol–water partition coefficient (Wildman–Crippen LogP) is 9.03. The van der Waals surface area contributed by atoms with Crippen LogP contribution in [0.15, 0.2) is 134 Å². The van der Waals surface area contributed by atoms with E-state index in [2.05, 4.69) is 143 Å². The van der Waals surface area contributed by atoms with E-state index in [4.69, 9.17) is 0 Å². The number of benzene rings is 6. The van der Waals surface area contributed by atoms with E-state index in [1.807, 2.05) is 0 Å². The van der Waals surface area contributed by atoms with E-state index in [0.717, 1.165) is 0 Å². The molecular weight excluding hydrogens is 436 g/mol. The fourth-order valence-corrected chi connectivity index (χ4v) is 5.91. The standard InChI is InChI=1S/C34H22N2/c1-2-10-25(11-3-1)35-21-20-28-27-16-19-33-34(29(27)17-18-31(28)35)30-12-6-7-13-32(30)36(33)26-15-14-23-8-4-5-9-24(23)22-26/h1-22H. The van der Waals surface area contributed by atoms with Gasteiger partial charge in [-0.25, -0.2) is 0 Å². The zero-order valence-corrected chi connectivity index (χ0v) is 19.6. The molecule has 36 heavy (non-hydrogen) atoms. The third-order valence-corrected chi connectivity index (χ3v) is 7.53. The molecule has 0 spiro atoms. The van der Waals surface area contributed by atoms with Gasteiger partial charge in [-0.3, -0.25) is 0 Å². The molecule has 0 aliphatic carbocycles. The lowest BCUT2D eigenvalue weighted by Crippen LogP contribution is -1.94. The van der Waals surface area contributed by atoms with Gasteiger partial charge in [0.1, 0.15) is 0 Å². The molecule has 0 atom stereocenters. The summed E-state index contributed by atoms with van der Waals surface area (Å²) >= 11 is 0. The van der Waals surface area contributed by atoms with Gasteiger partial charge in [-0.2, -0.15) is 0 Å². The van der Waals surface area contributed by atoms with E-state index in [-0.39, 0.29) is 0 Å². The minimum absolute atomic E-state index is 1.18. The second kappa shape index (κ2) is 7.34. The first kappa shape index (κ1) is 19.5. The molecule has 0 saturated carbocycles. The van der Waals surface area contributed by atoms with E-state index < -0.39 is 0 Å². The summed E-state index contributed by atoms with van der Waals surface area (Å²) in [5.74, 6) is 0. The SMILES string of the molecule is c1ccc(-n2ccc3c4ccc5c(c4ccc32)c2ccccc2n5-c2ccc3ccccc3c2)cc1. The molecule has 0 unspecified atom stereocenters. The van der Waals surface area contributed by atoms with E-state index >= 15 is 0 Å². The molecule has 0 amide bonds. The van der Waals surface area contributed by atoms with Crippen LogP contribution in [0.5, 0.6) is 0 Å². The monoisotopic (exact) mass is 458 g/mol. The highest BCUT2D eigenvalue weighted by Crippen LogP contribution is 2.39. The molecule has 2 heteroatoms. The molecule has 8 aromatic rings. The summed E-state index contributed by atoms with van der Waals surface area (Å²) in [6.45, 7) is 0. The van der Waals surface area contributed by atoms with Crippen molar-refractivity contribution in [3.8, 4) is 11.4 Å². The summed E-state index contributed by atoms with van der Waals surface area (Å²) in [5, 5.41) is 8.97. The van der Waals surface area contributed by atoms with Gasteiger partial charge in [-0.1, -0.05) is 78.9 Å². The van der Waals surface area contributed by atoms with Crippen LogP contribution in [0.25, 0.3) is 65.6 Å². The molecule has 0 fully saturated rings. The van der Waals surface area contributed by atoms with E-state index in [9.17, 15) is 0 Å². The predicted molar refractivity (Wildman–Crippen MR) is 153 cm³/mol. The fourth-order valence-electron chi connectivity index (χ4n) is 5.91. The van der Waals surface area contributed by atoms with E-state index in [1.54, 1.807) is 0 Å². The molecule has 168 valence electrons. The average Bonchev–Trinajstić information content (AvgIpc) is 3.53. The summed E-state index contributed by atoms with van der Waals surface area (Å²) in [5.41, 5.74) is 6.07. The van der Waals surface area contributed by atoms with Gasteiger partial charge in [-0.05, 0) is 70.1 Å². The molecule has 8 rings (SSSR count). The van der Waals surface area contributed by atoms with Crippen LogP contribution in [0, 0.1) is 0 Å². The van der Waals surface area contributed by atoms with Crippen molar-refractivity contribution in [2.45, 2.75) is 0 Å². The van der Waals surface area contributed by atoms with Crippen molar-refractivity contribution in [3.63, 3.8) is 0 Å². The van der Waals surface area contributed by atoms with Crippen molar-refractivity contribution in [2.24, 2.45) is 0 Å². The van der Waals surface area contributed by atoms with Crippen molar-refractivity contribution in [1.29, 1.82) is 0 Å². The van der Waals surface area contributed by atoms with E-state index in [0.29, 0.717) is 0 Å². The van der Waals surface area contributed by atoms with Crippen LogP contribution < -0.4 is 0 Å². The largest absolute Gasteiger partial charge is 0.317 e. The van der Waals surface area contributed by atoms with Crippen LogP contribution in [-0.4, -0.2) is 9.13 Å². The fraction of sp³-hybridized carbons (Fsp3) is 0. The molecule has 0 radical (unpaired) electrons. The lowest BCUT2D eigenvalue weighted by Gasteiger charge is -2.10. The van der Waals surface area contributed by atoms with Gasteiger partial charge in [0.15, 0.2) is 0 Å². The number of para-hydroxylation sites is 2. The van der Waals surface area contributed by atoms with Gasteiger partial charge >= 0.3 is 0 Å². The van der Waals surface area contributed by atoms with Crippen LogP contribution in [0.3, 0.4) is 0 Å². The molecule has 6 aromatic carbocycles. The van der Waals surface area contributed by atoms with Crippen molar-refractivity contribution >= 4 is 54.3 Å². The molecular formula is C34H22N2. The van der Waals surface area contributed by atoms with E-state index in [1.165, 1.54) is 65.6 Å². The Morgan fingerprint density at radius 1 is 0.389 bits per heavy atom. The van der Waals surface area contributed by atoms with Gasteiger partial charge in [0, 0.05) is 33.7 Å². The number of hydrogen-bond donors (Lipinski definition) is 0. The third-order valence-electron chi connectivity index (χ3n) is 7.53.